The van der Waals surface area contributed by atoms with E-state index >= 15 is 0 Å². The van der Waals surface area contributed by atoms with E-state index in [2.05, 4.69) is 6.92 Å². The third kappa shape index (κ3) is 0.480. The number of epoxide rings is 1. The van der Waals surface area contributed by atoms with Gasteiger partial charge in [0.1, 0.15) is 0 Å². The van der Waals surface area contributed by atoms with Gasteiger partial charge in [0.2, 0.25) is 0 Å². The van der Waals surface area contributed by atoms with Gasteiger partial charge in [-0.25, -0.2) is 0 Å². The predicted molar refractivity (Wildman–Crippen MR) is 27.1 cm³/mol. The van der Waals surface area contributed by atoms with E-state index in [1.54, 1.807) is 0 Å². The lowest BCUT2D eigenvalue weighted by atomic mass is 10.1. The summed E-state index contributed by atoms with van der Waals surface area (Å²) in [6.07, 6.45) is 4.03. The molecule has 0 bridgehead atoms. The molecule has 1 aliphatic heterocycles. The number of ether oxygens (including phenoxy) is 1. The maximum absolute atomic E-state index is 5.22. The van der Waals surface area contributed by atoms with E-state index in [4.69, 9.17) is 4.74 Å². The summed E-state index contributed by atoms with van der Waals surface area (Å²) in [5, 5.41) is 0. The zero-order chi connectivity index (χ0) is 4.85. The van der Waals surface area contributed by atoms with Crippen molar-refractivity contribution < 1.29 is 4.74 Å². The molecule has 0 aromatic rings. The number of hydrogen-bond donors (Lipinski definition) is 0. The predicted octanol–water partition coefficient (Wildman–Crippen LogP) is 1.18. The third-order valence-corrected chi connectivity index (χ3v) is 1.96. The average Bonchev–Trinajstić information content (AvgIpc) is 2.15. The van der Waals surface area contributed by atoms with Crippen molar-refractivity contribution in [2.75, 3.05) is 0 Å². The second-order valence-electron chi connectivity index (χ2n) is 2.79. The van der Waals surface area contributed by atoms with Crippen LogP contribution in [0.1, 0.15) is 19.8 Å². The molecule has 2 rings (SSSR count). The highest BCUT2D eigenvalue weighted by Gasteiger charge is 2.45. The van der Waals surface area contributed by atoms with Gasteiger partial charge >= 0.3 is 0 Å². The highest BCUT2D eigenvalue weighted by Crippen LogP contribution is 2.41. The molecule has 0 aromatic heterocycles. The van der Waals surface area contributed by atoms with Crippen molar-refractivity contribution in [3.05, 3.63) is 0 Å². The van der Waals surface area contributed by atoms with Gasteiger partial charge in [-0.05, 0) is 18.8 Å². The molecule has 1 heteroatoms. The molecule has 0 N–H and O–H groups in total. The molecule has 0 radical (unpaired) electrons. The van der Waals surface area contributed by atoms with E-state index in [0.29, 0.717) is 12.2 Å². The van der Waals surface area contributed by atoms with Crippen LogP contribution in [0.15, 0.2) is 0 Å². The van der Waals surface area contributed by atoms with Crippen molar-refractivity contribution in [2.45, 2.75) is 32.0 Å². The smallest absolute Gasteiger partial charge is 0.0844 e. The topological polar surface area (TPSA) is 12.5 Å². The first-order valence-electron chi connectivity index (χ1n) is 3.02. The van der Waals surface area contributed by atoms with Crippen molar-refractivity contribution in [2.24, 2.45) is 5.92 Å². The summed E-state index contributed by atoms with van der Waals surface area (Å²) in [6.45, 7) is 2.30. The second kappa shape index (κ2) is 1.03. The molecule has 1 unspecified atom stereocenters. The first-order valence-corrected chi connectivity index (χ1v) is 3.02. The molecule has 2 aliphatic rings. The van der Waals surface area contributed by atoms with Gasteiger partial charge < -0.3 is 4.74 Å². The zero-order valence-corrected chi connectivity index (χ0v) is 4.55. The first kappa shape index (κ1) is 3.90. The Hall–Kier alpha value is -0.0400. The van der Waals surface area contributed by atoms with E-state index in [1.807, 2.05) is 0 Å². The fourth-order valence-electron chi connectivity index (χ4n) is 1.48. The van der Waals surface area contributed by atoms with Crippen LogP contribution in [0.3, 0.4) is 0 Å². The molecule has 2 fully saturated rings. The maximum atomic E-state index is 5.22. The number of hydrogen-bond acceptors (Lipinski definition) is 1. The van der Waals surface area contributed by atoms with Gasteiger partial charge in [0.15, 0.2) is 0 Å². The molecule has 3 atom stereocenters. The van der Waals surface area contributed by atoms with Crippen molar-refractivity contribution >= 4 is 0 Å². The number of fused-ring (bicyclic) bond motifs is 1. The molecule has 40 valence electrons. The van der Waals surface area contributed by atoms with Gasteiger partial charge in [-0.1, -0.05) is 6.92 Å². The standard InChI is InChI=1S/C6H10O/c1-4-2-5-6(3-4)7-5/h4-6H,2-3H2,1H3/t4-,5-,6?/m1/s1. The largest absolute Gasteiger partial charge is 0.370 e. The summed E-state index contributed by atoms with van der Waals surface area (Å²) in [7, 11) is 0. The molecule has 1 nitrogen and oxygen atoms in total. The zero-order valence-electron chi connectivity index (χ0n) is 4.55. The Morgan fingerprint density at radius 3 is 2.14 bits per heavy atom. The molecule has 1 heterocycles. The monoisotopic (exact) mass is 98.1 g/mol. The molecule has 0 amide bonds. The van der Waals surface area contributed by atoms with Crippen LogP contribution >= 0.6 is 0 Å². The summed E-state index contributed by atoms with van der Waals surface area (Å²) >= 11 is 0. The molecule has 1 aliphatic carbocycles. The highest BCUT2D eigenvalue weighted by atomic mass is 16.6. The lowest BCUT2D eigenvalue weighted by Gasteiger charge is -1.98. The first-order chi connectivity index (χ1) is 3.36. The molecular formula is C6H10O. The van der Waals surface area contributed by atoms with Crippen LogP contribution in [0.4, 0.5) is 0 Å². The van der Waals surface area contributed by atoms with Gasteiger partial charge in [0, 0.05) is 0 Å². The molecule has 7 heavy (non-hydrogen) atoms. The van der Waals surface area contributed by atoms with Gasteiger partial charge in [-0.15, -0.1) is 0 Å². The Labute approximate surface area is 43.7 Å². The molecule has 1 saturated carbocycles. The van der Waals surface area contributed by atoms with Crippen molar-refractivity contribution in [1.82, 2.24) is 0 Å². The quantitative estimate of drug-likeness (QED) is 0.414. The van der Waals surface area contributed by atoms with Crippen molar-refractivity contribution in [3.63, 3.8) is 0 Å². The van der Waals surface area contributed by atoms with E-state index < -0.39 is 0 Å². The van der Waals surface area contributed by atoms with E-state index in [-0.39, 0.29) is 0 Å². The Morgan fingerprint density at radius 1 is 1.29 bits per heavy atom. The van der Waals surface area contributed by atoms with E-state index in [0.717, 1.165) is 5.92 Å². The van der Waals surface area contributed by atoms with Crippen molar-refractivity contribution in [1.29, 1.82) is 0 Å². The summed E-state index contributed by atoms with van der Waals surface area (Å²) < 4.78 is 5.22. The molecule has 1 saturated heterocycles. The van der Waals surface area contributed by atoms with Gasteiger partial charge in [-0.3, -0.25) is 0 Å². The van der Waals surface area contributed by atoms with Crippen LogP contribution in [-0.4, -0.2) is 12.2 Å². The lowest BCUT2D eigenvalue weighted by Crippen LogP contribution is -1.90. The second-order valence-corrected chi connectivity index (χ2v) is 2.79. The third-order valence-electron chi connectivity index (χ3n) is 1.96. The Kier molecular flexibility index (Phi) is 0.571. The van der Waals surface area contributed by atoms with E-state index in [9.17, 15) is 0 Å². The minimum Gasteiger partial charge on any atom is -0.370 e. The minimum atomic E-state index is 0.690. The molecular weight excluding hydrogens is 88.1 g/mol. The van der Waals surface area contributed by atoms with Gasteiger partial charge in [0.25, 0.3) is 0 Å². The Bertz CT molecular complexity index is 80.2. The van der Waals surface area contributed by atoms with Crippen LogP contribution in [0.5, 0.6) is 0 Å². The summed E-state index contributed by atoms with van der Waals surface area (Å²) in [6, 6.07) is 0. The summed E-state index contributed by atoms with van der Waals surface area (Å²) in [5.74, 6) is 0.948. The molecule has 0 spiro atoms. The minimum absolute atomic E-state index is 0.690. The van der Waals surface area contributed by atoms with Crippen LogP contribution in [0.2, 0.25) is 0 Å². The highest BCUT2D eigenvalue weighted by molar-refractivity contribution is 4.93. The Morgan fingerprint density at radius 2 is 1.86 bits per heavy atom. The summed E-state index contributed by atoms with van der Waals surface area (Å²) in [4.78, 5) is 0. The molecule has 0 aromatic carbocycles. The van der Waals surface area contributed by atoms with Gasteiger partial charge in [-0.2, -0.15) is 0 Å². The fourth-order valence-corrected chi connectivity index (χ4v) is 1.48. The SMILES string of the molecule is C[C@H]1CC2O[C@@H]2C1. The Balaban J connectivity index is 2.02. The normalized spacial score (nSPS) is 57.0. The van der Waals surface area contributed by atoms with Crippen molar-refractivity contribution in [3.8, 4) is 0 Å². The fraction of sp³-hybridized carbons (Fsp3) is 1.00. The number of rotatable bonds is 0. The average molecular weight is 98.1 g/mol. The lowest BCUT2D eigenvalue weighted by molar-refractivity contribution is 0.283. The summed E-state index contributed by atoms with van der Waals surface area (Å²) in [5.41, 5.74) is 0. The van der Waals surface area contributed by atoms with Crippen LogP contribution in [-0.2, 0) is 4.74 Å². The van der Waals surface area contributed by atoms with Crippen LogP contribution < -0.4 is 0 Å². The maximum Gasteiger partial charge on any atom is 0.0844 e. The van der Waals surface area contributed by atoms with Crippen LogP contribution in [0, 0.1) is 5.92 Å². The van der Waals surface area contributed by atoms with E-state index in [1.165, 1.54) is 12.8 Å². The van der Waals surface area contributed by atoms with Gasteiger partial charge in [0.05, 0.1) is 12.2 Å². The van der Waals surface area contributed by atoms with Crippen LogP contribution in [0.25, 0.3) is 0 Å².